The van der Waals surface area contributed by atoms with Gasteiger partial charge in [0.25, 0.3) is 0 Å². The van der Waals surface area contributed by atoms with Crippen molar-refractivity contribution in [2.75, 3.05) is 0 Å². The Hall–Kier alpha value is -0.520. The van der Waals surface area contributed by atoms with E-state index in [0.717, 1.165) is 25.7 Å². The van der Waals surface area contributed by atoms with Gasteiger partial charge in [0, 0.05) is 0 Å². The highest BCUT2D eigenvalue weighted by Gasteiger charge is 2.27. The minimum atomic E-state index is -0.0682. The van der Waals surface area contributed by atoms with Crippen molar-refractivity contribution in [3.8, 4) is 0 Å². The first-order chi connectivity index (χ1) is 5.16. The van der Waals surface area contributed by atoms with Crippen molar-refractivity contribution in [1.82, 2.24) is 0 Å². The van der Waals surface area contributed by atoms with Gasteiger partial charge in [-0.2, -0.15) is 0 Å². The average Bonchev–Trinajstić information content (AvgIpc) is 1.97. The van der Waals surface area contributed by atoms with Crippen molar-refractivity contribution in [2.45, 2.75) is 38.7 Å². The van der Waals surface area contributed by atoms with Crippen LogP contribution in [0.5, 0.6) is 0 Å². The molecule has 1 N–H and O–H groups in total. The molecule has 0 unspecified atom stereocenters. The Kier molecular flexibility index (Phi) is 2.53. The third kappa shape index (κ3) is 2.21. The van der Waals surface area contributed by atoms with Crippen LogP contribution in [0.4, 0.5) is 0 Å². The normalized spacial score (nSPS) is 37.8. The summed E-state index contributed by atoms with van der Waals surface area (Å²) in [6.07, 6.45) is 5.96. The van der Waals surface area contributed by atoms with Gasteiger partial charge in [0.1, 0.15) is 0 Å². The van der Waals surface area contributed by atoms with E-state index in [1.54, 1.807) is 0 Å². The van der Waals surface area contributed by atoms with Crippen molar-refractivity contribution in [1.29, 1.82) is 0 Å². The summed E-state index contributed by atoms with van der Waals surface area (Å²) in [5, 5.41) is 9.26. The Morgan fingerprint density at radius 3 is 2.55 bits per heavy atom. The lowest BCUT2D eigenvalue weighted by Crippen LogP contribution is -2.24. The maximum atomic E-state index is 9.26. The van der Waals surface area contributed by atoms with E-state index in [9.17, 15) is 5.11 Å². The van der Waals surface area contributed by atoms with Gasteiger partial charge in [-0.25, -0.2) is 0 Å². The lowest BCUT2D eigenvalue weighted by Gasteiger charge is -2.32. The first-order valence-corrected chi connectivity index (χ1v) is 4.21. The van der Waals surface area contributed by atoms with E-state index in [0.29, 0.717) is 0 Å². The minimum absolute atomic E-state index is 0.0682. The maximum absolute atomic E-state index is 9.26. The predicted octanol–water partition coefficient (Wildman–Crippen LogP) is 2.27. The molecule has 0 amide bonds. The maximum Gasteiger partial charge on any atom is 0.0540 e. The van der Waals surface area contributed by atoms with Gasteiger partial charge in [-0.3, -0.25) is 0 Å². The van der Waals surface area contributed by atoms with Crippen LogP contribution in [0, 0.1) is 5.41 Å². The van der Waals surface area contributed by atoms with Crippen molar-refractivity contribution in [2.24, 2.45) is 5.41 Å². The zero-order valence-corrected chi connectivity index (χ0v) is 7.14. The van der Waals surface area contributed by atoms with Crippen LogP contribution in [0.3, 0.4) is 0 Å². The third-order valence-electron chi connectivity index (χ3n) is 2.55. The fourth-order valence-corrected chi connectivity index (χ4v) is 1.65. The lowest BCUT2D eigenvalue weighted by molar-refractivity contribution is 0.0912. The molecule has 0 atom stereocenters. The summed E-state index contributed by atoms with van der Waals surface area (Å²) in [4.78, 5) is 0. The summed E-state index contributed by atoms with van der Waals surface area (Å²) in [7, 11) is 0. The van der Waals surface area contributed by atoms with Crippen LogP contribution in [0.25, 0.3) is 0 Å². The summed E-state index contributed by atoms with van der Waals surface area (Å²) in [5.74, 6) is 0. The van der Waals surface area contributed by atoms with Crippen LogP contribution in [0.1, 0.15) is 32.6 Å². The molecular formula is C10H16O. The number of aliphatic hydroxyl groups excluding tert-OH is 1. The monoisotopic (exact) mass is 152 g/mol. The molecule has 0 aromatic rings. The molecule has 0 aromatic carbocycles. The van der Waals surface area contributed by atoms with Gasteiger partial charge in [0.2, 0.25) is 0 Å². The van der Waals surface area contributed by atoms with Crippen LogP contribution in [-0.4, -0.2) is 11.2 Å². The molecular weight excluding hydrogens is 136 g/mol. The van der Waals surface area contributed by atoms with Crippen molar-refractivity contribution >= 4 is 0 Å². The first-order valence-electron chi connectivity index (χ1n) is 4.21. The zero-order chi connectivity index (χ0) is 8.32. The SMILES string of the molecule is C=C=CC1(C)CCC(O)CC1. The van der Waals surface area contributed by atoms with Gasteiger partial charge in [0.05, 0.1) is 6.10 Å². The number of allylic oxidation sites excluding steroid dienone is 1. The zero-order valence-electron chi connectivity index (χ0n) is 7.14. The molecule has 0 radical (unpaired) electrons. The van der Waals surface area contributed by atoms with E-state index in [1.807, 2.05) is 6.08 Å². The van der Waals surface area contributed by atoms with Crippen molar-refractivity contribution in [3.63, 3.8) is 0 Å². The van der Waals surface area contributed by atoms with E-state index in [2.05, 4.69) is 19.2 Å². The molecule has 1 saturated carbocycles. The van der Waals surface area contributed by atoms with Crippen molar-refractivity contribution < 1.29 is 5.11 Å². The van der Waals surface area contributed by atoms with E-state index in [1.165, 1.54) is 0 Å². The molecule has 1 fully saturated rings. The summed E-state index contributed by atoms with van der Waals surface area (Å²) in [6.45, 7) is 5.78. The third-order valence-corrected chi connectivity index (χ3v) is 2.55. The molecule has 0 aromatic heterocycles. The van der Waals surface area contributed by atoms with E-state index >= 15 is 0 Å². The van der Waals surface area contributed by atoms with Gasteiger partial charge < -0.3 is 5.11 Å². The molecule has 0 saturated heterocycles. The van der Waals surface area contributed by atoms with Gasteiger partial charge in [0.15, 0.2) is 0 Å². The number of hydrogen-bond donors (Lipinski definition) is 1. The summed E-state index contributed by atoms with van der Waals surface area (Å²) in [6, 6.07) is 0. The molecule has 11 heavy (non-hydrogen) atoms. The molecule has 0 spiro atoms. The second kappa shape index (κ2) is 3.25. The molecule has 0 bridgehead atoms. The summed E-state index contributed by atoms with van der Waals surface area (Å²) < 4.78 is 0. The molecule has 0 aliphatic heterocycles. The Morgan fingerprint density at radius 2 is 2.09 bits per heavy atom. The smallest absolute Gasteiger partial charge is 0.0540 e. The van der Waals surface area contributed by atoms with E-state index < -0.39 is 0 Å². The fourth-order valence-electron chi connectivity index (χ4n) is 1.65. The van der Waals surface area contributed by atoms with Crippen LogP contribution < -0.4 is 0 Å². The molecule has 1 rings (SSSR count). The second-order valence-electron chi connectivity index (χ2n) is 3.73. The van der Waals surface area contributed by atoms with Crippen LogP contribution >= 0.6 is 0 Å². The van der Waals surface area contributed by atoms with E-state index in [4.69, 9.17) is 0 Å². The number of rotatable bonds is 1. The molecule has 1 aliphatic carbocycles. The molecule has 1 aliphatic rings. The highest BCUT2D eigenvalue weighted by molar-refractivity contribution is 4.97. The van der Waals surface area contributed by atoms with Gasteiger partial charge >= 0.3 is 0 Å². The number of aliphatic hydroxyl groups is 1. The molecule has 0 heterocycles. The second-order valence-corrected chi connectivity index (χ2v) is 3.73. The topological polar surface area (TPSA) is 20.2 Å². The first kappa shape index (κ1) is 8.58. The summed E-state index contributed by atoms with van der Waals surface area (Å²) >= 11 is 0. The average molecular weight is 152 g/mol. The minimum Gasteiger partial charge on any atom is -0.393 e. The lowest BCUT2D eigenvalue weighted by atomic mass is 9.75. The Bertz CT molecular complexity index is 169. The van der Waals surface area contributed by atoms with E-state index in [-0.39, 0.29) is 11.5 Å². The fraction of sp³-hybridized carbons (Fsp3) is 0.700. The highest BCUT2D eigenvalue weighted by atomic mass is 16.3. The number of hydrogen-bond acceptors (Lipinski definition) is 1. The molecule has 1 heteroatoms. The Balaban J connectivity index is 2.54. The summed E-state index contributed by atoms with van der Waals surface area (Å²) in [5.41, 5.74) is 3.09. The standard InChI is InChI=1S/C10H16O/c1-3-6-10(2)7-4-9(11)5-8-10/h6,9,11H,1,4-5,7-8H2,2H3. The van der Waals surface area contributed by atoms with Crippen LogP contribution in [0.2, 0.25) is 0 Å². The molecule has 62 valence electrons. The highest BCUT2D eigenvalue weighted by Crippen LogP contribution is 2.36. The predicted molar refractivity (Wildman–Crippen MR) is 46.3 cm³/mol. The largest absolute Gasteiger partial charge is 0.393 e. The van der Waals surface area contributed by atoms with Gasteiger partial charge in [-0.15, -0.1) is 5.73 Å². The van der Waals surface area contributed by atoms with Crippen molar-refractivity contribution in [3.05, 3.63) is 18.4 Å². The van der Waals surface area contributed by atoms with Gasteiger partial charge in [-0.1, -0.05) is 13.5 Å². The quantitative estimate of drug-likeness (QED) is 0.571. The Labute approximate surface area is 68.4 Å². The van der Waals surface area contributed by atoms with Crippen LogP contribution in [0.15, 0.2) is 18.4 Å². The van der Waals surface area contributed by atoms with Crippen LogP contribution in [-0.2, 0) is 0 Å². The van der Waals surface area contributed by atoms with Gasteiger partial charge in [-0.05, 0) is 37.2 Å². The Morgan fingerprint density at radius 1 is 1.55 bits per heavy atom. The molecule has 1 nitrogen and oxygen atoms in total.